The zero-order chi connectivity index (χ0) is 32.3. The van der Waals surface area contributed by atoms with Crippen LogP contribution in [0, 0.1) is 11.7 Å². The van der Waals surface area contributed by atoms with Crippen molar-refractivity contribution in [1.29, 1.82) is 0 Å². The number of hydrogen-bond acceptors (Lipinski definition) is 7. The molecule has 1 aromatic heterocycles. The second-order valence-corrected chi connectivity index (χ2v) is 13.5. The minimum Gasteiger partial charge on any atom is -0.457 e. The smallest absolute Gasteiger partial charge is 0.254 e. The number of halogens is 1. The Morgan fingerprint density at radius 2 is 1.82 bits per heavy atom. The lowest BCUT2D eigenvalue weighted by atomic mass is 10.0. The molecule has 0 radical (unpaired) electrons. The Labute approximate surface area is 264 Å². The number of hydrogen-bond donors (Lipinski definition) is 2. The van der Waals surface area contributed by atoms with E-state index in [2.05, 4.69) is 34.3 Å². The Morgan fingerprint density at radius 1 is 1.11 bits per heavy atom. The average Bonchev–Trinajstić information content (AvgIpc) is 3.30. The van der Waals surface area contributed by atoms with Gasteiger partial charge in [0.05, 0.1) is 22.6 Å². The van der Waals surface area contributed by atoms with Crippen molar-refractivity contribution in [2.24, 2.45) is 5.92 Å². The number of benzene rings is 2. The summed E-state index contributed by atoms with van der Waals surface area (Å²) in [6.07, 6.45) is 1.87. The van der Waals surface area contributed by atoms with Crippen LogP contribution in [-0.4, -0.2) is 74.7 Å². The molecular weight excluding hydrogens is 573 g/mol. The third kappa shape index (κ3) is 8.43. The molecule has 240 valence electrons. The Hall–Kier alpha value is -3.89. The van der Waals surface area contributed by atoms with E-state index in [0.717, 1.165) is 30.0 Å². The molecule has 2 N–H and O–H groups in total. The normalized spacial score (nSPS) is 18.1. The van der Waals surface area contributed by atoms with Gasteiger partial charge in [-0.25, -0.2) is 4.39 Å². The Bertz CT molecular complexity index is 1500. The van der Waals surface area contributed by atoms with Crippen LogP contribution in [0.4, 0.5) is 4.39 Å². The molecule has 1 unspecified atom stereocenters. The van der Waals surface area contributed by atoms with E-state index in [1.807, 2.05) is 31.2 Å². The number of piperidine rings is 1. The second-order valence-electron chi connectivity index (χ2n) is 13.5. The minimum atomic E-state index is -0.789. The van der Waals surface area contributed by atoms with Gasteiger partial charge < -0.3 is 25.0 Å². The summed E-state index contributed by atoms with van der Waals surface area (Å²) in [5.41, 5.74) is 2.12. The standard InChI is InChI=1S/C35H44FN5O4/c1-22(2)30-10-11-31(39-38-30)24-6-8-27(9-7-24)45-32-18-28(29(36)17-25(32)20-41-19-23(3)16-33(41)42)34(43)37-26-12-14-40(15-13-26)21-35(4,5)44/h6-11,17-18,22-23,26,44H,12-16,19-21H2,1-5H3,(H,37,43). The van der Waals surface area contributed by atoms with Crippen molar-refractivity contribution in [1.82, 2.24) is 25.3 Å². The molecule has 0 bridgehead atoms. The summed E-state index contributed by atoms with van der Waals surface area (Å²) < 4.78 is 21.8. The molecule has 2 amide bonds. The summed E-state index contributed by atoms with van der Waals surface area (Å²) in [4.78, 5) is 29.8. The van der Waals surface area contributed by atoms with Crippen LogP contribution in [0.25, 0.3) is 11.3 Å². The molecule has 3 aromatic rings. The van der Waals surface area contributed by atoms with E-state index in [1.54, 1.807) is 30.9 Å². The number of likely N-dealkylation sites (tertiary alicyclic amines) is 2. The SMILES string of the molecule is CC1CC(=O)N(Cc2cc(F)c(C(=O)NC3CCN(CC(C)(C)O)CC3)cc2Oc2ccc(-c3ccc(C(C)C)nn3)cc2)C1. The van der Waals surface area contributed by atoms with Crippen molar-refractivity contribution in [3.8, 4) is 22.8 Å². The highest BCUT2D eigenvalue weighted by molar-refractivity contribution is 5.95. The van der Waals surface area contributed by atoms with Crippen molar-refractivity contribution >= 4 is 11.8 Å². The van der Waals surface area contributed by atoms with Crippen LogP contribution in [0.5, 0.6) is 11.5 Å². The molecule has 0 spiro atoms. The molecule has 3 heterocycles. The van der Waals surface area contributed by atoms with Gasteiger partial charge in [0.2, 0.25) is 5.91 Å². The maximum absolute atomic E-state index is 15.5. The predicted octanol–water partition coefficient (Wildman–Crippen LogP) is 5.53. The molecule has 2 saturated heterocycles. The number of nitrogens with one attached hydrogen (secondary N) is 1. The zero-order valence-electron chi connectivity index (χ0n) is 26.8. The summed E-state index contributed by atoms with van der Waals surface area (Å²) in [5.74, 6) is 0.184. The van der Waals surface area contributed by atoms with Crippen molar-refractivity contribution in [3.63, 3.8) is 0 Å². The maximum Gasteiger partial charge on any atom is 0.254 e. The highest BCUT2D eigenvalue weighted by atomic mass is 19.1. The summed E-state index contributed by atoms with van der Waals surface area (Å²) in [6.45, 7) is 12.5. The van der Waals surface area contributed by atoms with E-state index in [9.17, 15) is 14.7 Å². The van der Waals surface area contributed by atoms with Crippen LogP contribution in [0.15, 0.2) is 48.5 Å². The van der Waals surface area contributed by atoms with E-state index < -0.39 is 17.3 Å². The van der Waals surface area contributed by atoms with Crippen LogP contribution < -0.4 is 10.1 Å². The van der Waals surface area contributed by atoms with Gasteiger partial charge in [-0.3, -0.25) is 9.59 Å². The number of β-amino-alcohol motifs (C(OH)–C–C–N with tert-alkyl or cyclic N) is 1. The van der Waals surface area contributed by atoms with Crippen LogP contribution >= 0.6 is 0 Å². The molecule has 1 atom stereocenters. The predicted molar refractivity (Wildman–Crippen MR) is 170 cm³/mol. The largest absolute Gasteiger partial charge is 0.457 e. The van der Waals surface area contributed by atoms with Gasteiger partial charge in [0, 0.05) is 56.3 Å². The van der Waals surface area contributed by atoms with E-state index >= 15 is 4.39 Å². The summed E-state index contributed by atoms with van der Waals surface area (Å²) >= 11 is 0. The lowest BCUT2D eigenvalue weighted by Crippen LogP contribution is -2.48. The van der Waals surface area contributed by atoms with Crippen molar-refractivity contribution < 1.29 is 23.8 Å². The lowest BCUT2D eigenvalue weighted by Gasteiger charge is -2.35. The molecule has 2 aliphatic heterocycles. The van der Waals surface area contributed by atoms with Crippen molar-refractivity contribution in [2.75, 3.05) is 26.2 Å². The zero-order valence-corrected chi connectivity index (χ0v) is 26.8. The number of rotatable bonds is 10. The molecular formula is C35H44FN5O4. The highest BCUT2D eigenvalue weighted by Gasteiger charge is 2.29. The highest BCUT2D eigenvalue weighted by Crippen LogP contribution is 2.32. The fourth-order valence-corrected chi connectivity index (χ4v) is 5.99. The monoisotopic (exact) mass is 617 g/mol. The Morgan fingerprint density at radius 3 is 2.40 bits per heavy atom. The maximum atomic E-state index is 15.5. The van der Waals surface area contributed by atoms with Gasteiger partial charge >= 0.3 is 0 Å². The summed E-state index contributed by atoms with van der Waals surface area (Å²) in [5, 5.41) is 21.8. The van der Waals surface area contributed by atoms with E-state index in [-0.39, 0.29) is 35.9 Å². The first-order valence-electron chi connectivity index (χ1n) is 15.8. The van der Waals surface area contributed by atoms with Gasteiger partial charge in [0.15, 0.2) is 0 Å². The van der Waals surface area contributed by atoms with Crippen LogP contribution in [0.1, 0.15) is 81.4 Å². The number of carbonyl (C=O) groups is 2. The van der Waals surface area contributed by atoms with E-state index in [1.165, 1.54) is 12.1 Å². The van der Waals surface area contributed by atoms with Gasteiger partial charge in [-0.2, -0.15) is 10.2 Å². The molecule has 2 fully saturated rings. The number of aromatic nitrogens is 2. The molecule has 45 heavy (non-hydrogen) atoms. The van der Waals surface area contributed by atoms with Gasteiger partial charge in [-0.15, -0.1) is 0 Å². The lowest BCUT2D eigenvalue weighted by molar-refractivity contribution is -0.128. The fraction of sp³-hybridized carbons (Fsp3) is 0.486. The molecule has 10 heteroatoms. The Balaban J connectivity index is 1.34. The average molecular weight is 618 g/mol. The topological polar surface area (TPSA) is 108 Å². The van der Waals surface area contributed by atoms with Crippen LogP contribution in [0.2, 0.25) is 0 Å². The number of amides is 2. The number of nitrogens with zero attached hydrogens (tertiary/aromatic N) is 4. The first kappa shape index (κ1) is 32.5. The van der Waals surface area contributed by atoms with Gasteiger partial charge in [0.25, 0.3) is 5.91 Å². The fourth-order valence-electron chi connectivity index (χ4n) is 5.99. The number of aliphatic hydroxyl groups is 1. The first-order valence-corrected chi connectivity index (χ1v) is 15.8. The minimum absolute atomic E-state index is 0.0144. The van der Waals surface area contributed by atoms with Gasteiger partial charge in [-0.1, -0.05) is 20.8 Å². The van der Waals surface area contributed by atoms with Crippen molar-refractivity contribution in [2.45, 2.75) is 78.0 Å². The van der Waals surface area contributed by atoms with Crippen molar-refractivity contribution in [3.05, 3.63) is 71.2 Å². The quantitative estimate of drug-likeness (QED) is 0.308. The molecule has 0 saturated carbocycles. The summed E-state index contributed by atoms with van der Waals surface area (Å²) in [7, 11) is 0. The van der Waals surface area contributed by atoms with E-state index in [4.69, 9.17) is 4.74 Å². The van der Waals surface area contributed by atoms with Crippen LogP contribution in [0.3, 0.4) is 0 Å². The molecule has 0 aliphatic carbocycles. The first-order chi connectivity index (χ1) is 21.3. The Kier molecular flexibility index (Phi) is 9.84. The third-order valence-electron chi connectivity index (χ3n) is 8.35. The van der Waals surface area contributed by atoms with Gasteiger partial charge in [0.1, 0.15) is 17.3 Å². The van der Waals surface area contributed by atoms with E-state index in [0.29, 0.717) is 49.4 Å². The molecule has 5 rings (SSSR count). The second kappa shape index (κ2) is 13.6. The molecule has 9 nitrogen and oxygen atoms in total. The summed E-state index contributed by atoms with van der Waals surface area (Å²) in [6, 6.07) is 13.9. The van der Waals surface area contributed by atoms with Crippen LogP contribution in [-0.2, 0) is 11.3 Å². The number of ether oxygens (including phenoxy) is 1. The third-order valence-corrected chi connectivity index (χ3v) is 8.35. The number of carbonyl (C=O) groups excluding carboxylic acids is 2. The van der Waals surface area contributed by atoms with Gasteiger partial charge in [-0.05, 0) is 87.1 Å². The molecule has 2 aromatic carbocycles. The molecule has 2 aliphatic rings.